The number of carbonyl (C=O) groups excluding carboxylic acids is 4. The molecule has 1 saturated heterocycles. The van der Waals surface area contributed by atoms with Crippen molar-refractivity contribution in [3.05, 3.63) is 94.0 Å². The van der Waals surface area contributed by atoms with Crippen molar-refractivity contribution in [3.63, 3.8) is 0 Å². The van der Waals surface area contributed by atoms with Gasteiger partial charge in [0.25, 0.3) is 17.7 Å². The highest BCUT2D eigenvalue weighted by Crippen LogP contribution is 2.41. The normalized spacial score (nSPS) is 20.6. The molecule has 2 aliphatic rings. The Morgan fingerprint density at radius 2 is 1.62 bits per heavy atom. The number of aliphatic hydroxyl groups excluding tert-OH is 1. The lowest BCUT2D eigenvalue weighted by Crippen LogP contribution is -2.49. The van der Waals surface area contributed by atoms with Crippen LogP contribution in [0.3, 0.4) is 0 Å². The molecule has 1 unspecified atom stereocenters. The van der Waals surface area contributed by atoms with E-state index in [1.807, 2.05) is 13.1 Å². The molecule has 1 aromatic heterocycles. The Labute approximate surface area is 291 Å². The summed E-state index contributed by atoms with van der Waals surface area (Å²) in [7, 11) is -0.948. The number of likely N-dealkylation sites (N-methyl/N-ethyl adjacent to an activating group) is 1. The number of nitrogens with one attached hydrogen (secondary N) is 1. The second kappa shape index (κ2) is 14.7. The zero-order valence-corrected chi connectivity index (χ0v) is 30.0. The molecular formula is C35H43N5O9Si. The van der Waals surface area contributed by atoms with Gasteiger partial charge < -0.3 is 29.2 Å². The third-order valence-electron chi connectivity index (χ3n) is 9.38. The SMILES string of the molecule is CN(CCOC[C@H]1O[C@@H](n2ccc(NC(=O)c3ccccc3)nc2=O)[C@H](O[Si](C)(C)C(C)(C)C)C1O)C(=O)CN1C(=O)c2ccccc2C1=O. The van der Waals surface area contributed by atoms with Crippen LogP contribution in [0.2, 0.25) is 18.1 Å². The van der Waals surface area contributed by atoms with Crippen LogP contribution in [0, 0.1) is 0 Å². The van der Waals surface area contributed by atoms with Gasteiger partial charge in [0.1, 0.15) is 30.7 Å². The first-order valence-corrected chi connectivity index (χ1v) is 19.2. The predicted molar refractivity (Wildman–Crippen MR) is 185 cm³/mol. The minimum Gasteiger partial charge on any atom is -0.407 e. The van der Waals surface area contributed by atoms with E-state index in [1.165, 1.54) is 28.8 Å². The molecule has 0 aliphatic carbocycles. The molecule has 2 N–H and O–H groups in total. The first kappa shape index (κ1) is 36.7. The van der Waals surface area contributed by atoms with Gasteiger partial charge in [-0.25, -0.2) is 4.79 Å². The van der Waals surface area contributed by atoms with E-state index >= 15 is 0 Å². The number of fused-ring (bicyclic) bond motifs is 1. The fourth-order valence-electron chi connectivity index (χ4n) is 5.34. The average molecular weight is 706 g/mol. The maximum Gasteiger partial charge on any atom is 0.351 e. The van der Waals surface area contributed by atoms with Gasteiger partial charge in [-0.05, 0) is 48.5 Å². The summed E-state index contributed by atoms with van der Waals surface area (Å²) in [6.45, 7) is 9.94. The quantitative estimate of drug-likeness (QED) is 0.162. The first-order chi connectivity index (χ1) is 23.6. The maximum absolute atomic E-state index is 13.3. The second-order valence-electron chi connectivity index (χ2n) is 13.9. The number of amides is 4. The number of hydrogen-bond acceptors (Lipinski definition) is 10. The summed E-state index contributed by atoms with van der Waals surface area (Å²) in [5, 5.41) is 13.9. The van der Waals surface area contributed by atoms with E-state index in [2.05, 4.69) is 31.1 Å². The number of hydrogen-bond donors (Lipinski definition) is 2. The number of aromatic nitrogens is 2. The van der Waals surface area contributed by atoms with Crippen LogP contribution in [-0.2, 0) is 18.7 Å². The molecule has 15 heteroatoms. The topological polar surface area (TPSA) is 170 Å². The van der Waals surface area contributed by atoms with Crippen LogP contribution in [0.25, 0.3) is 0 Å². The van der Waals surface area contributed by atoms with E-state index in [0.29, 0.717) is 5.56 Å². The number of ether oxygens (including phenoxy) is 2. The van der Waals surface area contributed by atoms with Crippen LogP contribution in [0.1, 0.15) is 58.1 Å². The van der Waals surface area contributed by atoms with Gasteiger partial charge in [-0.2, -0.15) is 4.98 Å². The molecule has 2 aliphatic heterocycles. The molecule has 266 valence electrons. The summed E-state index contributed by atoms with van der Waals surface area (Å²) in [4.78, 5) is 70.4. The van der Waals surface area contributed by atoms with E-state index in [-0.39, 0.29) is 41.7 Å². The van der Waals surface area contributed by atoms with Crippen molar-refractivity contribution in [1.29, 1.82) is 0 Å². The number of rotatable bonds is 12. The molecule has 1 fully saturated rings. The lowest BCUT2D eigenvalue weighted by Gasteiger charge is -2.40. The molecular weight excluding hydrogens is 662 g/mol. The molecule has 0 spiro atoms. The minimum absolute atomic E-state index is 0.0575. The Hall–Kier alpha value is -4.54. The highest BCUT2D eigenvalue weighted by molar-refractivity contribution is 6.74. The Kier molecular flexibility index (Phi) is 10.8. The minimum atomic E-state index is -2.49. The van der Waals surface area contributed by atoms with Crippen molar-refractivity contribution in [2.24, 2.45) is 0 Å². The Bertz CT molecular complexity index is 1770. The molecule has 2 aromatic carbocycles. The molecule has 4 atom stereocenters. The number of carbonyl (C=O) groups is 4. The van der Waals surface area contributed by atoms with Crippen LogP contribution in [0.4, 0.5) is 5.82 Å². The fourth-order valence-corrected chi connectivity index (χ4v) is 6.63. The smallest absolute Gasteiger partial charge is 0.351 e. The molecule has 0 bridgehead atoms. The summed E-state index contributed by atoms with van der Waals surface area (Å²) in [5.74, 6) is -1.84. The predicted octanol–water partition coefficient (Wildman–Crippen LogP) is 2.92. The number of nitrogens with zero attached hydrogens (tertiary/aromatic N) is 4. The zero-order chi connectivity index (χ0) is 36.4. The van der Waals surface area contributed by atoms with Crippen molar-refractivity contribution in [2.45, 2.75) is 63.4 Å². The van der Waals surface area contributed by atoms with E-state index in [0.717, 1.165) is 4.90 Å². The van der Waals surface area contributed by atoms with Gasteiger partial charge in [0, 0.05) is 25.4 Å². The molecule has 0 saturated carbocycles. The van der Waals surface area contributed by atoms with Gasteiger partial charge in [0.05, 0.1) is 24.3 Å². The van der Waals surface area contributed by atoms with Crippen molar-refractivity contribution in [2.75, 3.05) is 38.7 Å². The Morgan fingerprint density at radius 3 is 2.22 bits per heavy atom. The first-order valence-electron chi connectivity index (χ1n) is 16.3. The van der Waals surface area contributed by atoms with Gasteiger partial charge in [0.2, 0.25) is 5.91 Å². The van der Waals surface area contributed by atoms with Crippen molar-refractivity contribution in [3.8, 4) is 0 Å². The van der Waals surface area contributed by atoms with Crippen molar-refractivity contribution >= 4 is 37.8 Å². The molecule has 14 nitrogen and oxygen atoms in total. The summed E-state index contributed by atoms with van der Waals surface area (Å²) < 4.78 is 19.8. The van der Waals surface area contributed by atoms with Crippen LogP contribution >= 0.6 is 0 Å². The summed E-state index contributed by atoms with van der Waals surface area (Å²) in [6, 6.07) is 16.4. The second-order valence-corrected chi connectivity index (χ2v) is 18.6. The summed E-state index contributed by atoms with van der Waals surface area (Å²) in [6.07, 6.45) is -2.61. The van der Waals surface area contributed by atoms with Crippen LogP contribution in [0.15, 0.2) is 71.7 Å². The van der Waals surface area contributed by atoms with Gasteiger partial charge in [-0.1, -0.05) is 51.1 Å². The number of benzene rings is 2. The van der Waals surface area contributed by atoms with Crippen molar-refractivity contribution in [1.82, 2.24) is 19.4 Å². The molecule has 50 heavy (non-hydrogen) atoms. The van der Waals surface area contributed by atoms with Crippen molar-refractivity contribution < 1.29 is 38.2 Å². The van der Waals surface area contributed by atoms with Gasteiger partial charge in [-0.15, -0.1) is 0 Å². The fraction of sp³-hybridized carbons (Fsp3) is 0.429. The molecule has 3 aromatic rings. The largest absolute Gasteiger partial charge is 0.407 e. The number of aliphatic hydroxyl groups is 1. The summed E-state index contributed by atoms with van der Waals surface area (Å²) in [5.41, 5.74) is 0.232. The highest BCUT2D eigenvalue weighted by Gasteiger charge is 2.50. The van der Waals surface area contributed by atoms with Gasteiger partial charge in [0.15, 0.2) is 14.5 Å². The van der Waals surface area contributed by atoms with Crippen LogP contribution in [-0.4, -0.2) is 108 Å². The third-order valence-corrected chi connectivity index (χ3v) is 13.9. The Balaban J connectivity index is 1.22. The summed E-state index contributed by atoms with van der Waals surface area (Å²) >= 11 is 0. The van der Waals surface area contributed by atoms with Crippen LogP contribution < -0.4 is 11.0 Å². The molecule has 0 radical (unpaired) electrons. The highest BCUT2D eigenvalue weighted by atomic mass is 28.4. The lowest BCUT2D eigenvalue weighted by molar-refractivity contribution is -0.131. The Morgan fingerprint density at radius 1 is 1.00 bits per heavy atom. The van der Waals surface area contributed by atoms with E-state index in [9.17, 15) is 29.1 Å². The average Bonchev–Trinajstić information content (AvgIpc) is 3.50. The lowest BCUT2D eigenvalue weighted by atomic mass is 10.1. The maximum atomic E-state index is 13.3. The van der Waals surface area contributed by atoms with Gasteiger partial charge >= 0.3 is 5.69 Å². The number of anilines is 1. The number of imide groups is 1. The molecule has 4 amide bonds. The molecule has 3 heterocycles. The van der Waals surface area contributed by atoms with Crippen LogP contribution in [0.5, 0.6) is 0 Å². The monoisotopic (exact) mass is 705 g/mol. The third kappa shape index (κ3) is 7.76. The van der Waals surface area contributed by atoms with E-state index in [4.69, 9.17) is 13.9 Å². The van der Waals surface area contributed by atoms with E-state index in [1.54, 1.807) is 54.6 Å². The van der Waals surface area contributed by atoms with Gasteiger partial charge in [-0.3, -0.25) is 28.6 Å². The zero-order valence-electron chi connectivity index (χ0n) is 29.0. The molecule has 5 rings (SSSR count). The standard InChI is InChI=1S/C35H43N5O9Si/c1-35(2,3)50(5,6)49-29-28(42)25(48-33(29)39-17-16-26(37-34(39)46)36-30(43)22-12-8-7-9-13-22)21-47-19-18-38(4)27(41)20-40-31(44)23-14-10-11-15-24(23)32(40)45/h7-17,25,28-29,33,42H,18-21H2,1-6H3,(H,36,37,43,46)/t25-,28?,29-,33-/m1/s1. The van der Waals surface area contributed by atoms with E-state index < -0.39 is 68.7 Å².